The summed E-state index contributed by atoms with van der Waals surface area (Å²) in [4.78, 5) is 20.6. The van der Waals surface area contributed by atoms with Crippen molar-refractivity contribution < 1.29 is 9.53 Å². The number of thiazole rings is 1. The van der Waals surface area contributed by atoms with Crippen LogP contribution in [0.4, 0.5) is 0 Å². The fraction of sp³-hybridized carbons (Fsp3) is 0.286. The lowest BCUT2D eigenvalue weighted by atomic mass is 10.0. The fourth-order valence-electron chi connectivity index (χ4n) is 1.66. The van der Waals surface area contributed by atoms with E-state index in [1.165, 1.54) is 17.5 Å². The van der Waals surface area contributed by atoms with E-state index in [9.17, 15) is 10.1 Å². The Hall–Kier alpha value is -2.26. The van der Waals surface area contributed by atoms with E-state index < -0.39 is 5.92 Å². The molecule has 6 heteroatoms. The minimum atomic E-state index is -0.881. The maximum absolute atomic E-state index is 12.3. The van der Waals surface area contributed by atoms with E-state index in [0.717, 1.165) is 5.69 Å². The summed E-state index contributed by atoms with van der Waals surface area (Å²) in [5, 5.41) is 11.6. The van der Waals surface area contributed by atoms with E-state index in [2.05, 4.69) is 9.97 Å². The molecule has 2 aromatic rings. The second-order valence-corrected chi connectivity index (χ2v) is 4.96. The topological polar surface area (TPSA) is 75.9 Å². The Morgan fingerprint density at radius 2 is 2.35 bits per heavy atom. The van der Waals surface area contributed by atoms with Crippen LogP contribution in [0.25, 0.3) is 0 Å². The van der Waals surface area contributed by atoms with Gasteiger partial charge in [-0.25, -0.2) is 9.97 Å². The third kappa shape index (κ3) is 3.00. The van der Waals surface area contributed by atoms with E-state index in [-0.39, 0.29) is 5.78 Å². The molecule has 0 aromatic carbocycles. The molecule has 0 saturated carbocycles. The van der Waals surface area contributed by atoms with Crippen molar-refractivity contribution in [3.05, 3.63) is 40.0 Å². The van der Waals surface area contributed by atoms with Gasteiger partial charge in [-0.2, -0.15) is 5.26 Å². The average molecular weight is 287 g/mol. The molecule has 102 valence electrons. The largest absolute Gasteiger partial charge is 0.478 e. The number of aromatic nitrogens is 2. The molecule has 0 fully saturated rings. The minimum absolute atomic E-state index is 0.294. The van der Waals surface area contributed by atoms with Gasteiger partial charge in [0.25, 0.3) is 0 Å². The Labute approximate surface area is 120 Å². The normalized spacial score (nSPS) is 11.7. The molecular formula is C14H13N3O2S. The van der Waals surface area contributed by atoms with Crippen LogP contribution in [0.1, 0.15) is 33.9 Å². The van der Waals surface area contributed by atoms with Crippen LogP contribution < -0.4 is 4.74 Å². The molecule has 2 aromatic heterocycles. The second-order valence-electron chi connectivity index (χ2n) is 4.07. The Morgan fingerprint density at radius 1 is 1.55 bits per heavy atom. The van der Waals surface area contributed by atoms with Gasteiger partial charge in [-0.3, -0.25) is 4.79 Å². The highest BCUT2D eigenvalue weighted by Gasteiger charge is 2.24. The summed E-state index contributed by atoms with van der Waals surface area (Å²) in [6, 6.07) is 5.25. The van der Waals surface area contributed by atoms with Gasteiger partial charge in [0.05, 0.1) is 12.7 Å². The molecule has 0 radical (unpaired) electrons. The number of Topliss-reactive ketones (excluding diaryl/α,β-unsaturated/α-hetero) is 1. The van der Waals surface area contributed by atoms with Crippen LogP contribution in [0.3, 0.4) is 0 Å². The van der Waals surface area contributed by atoms with Crippen molar-refractivity contribution in [2.45, 2.75) is 19.8 Å². The molecule has 0 saturated heterocycles. The molecule has 0 aliphatic carbocycles. The SMILES string of the molecule is CCOc1ccc(C(=O)C(C#N)c2nc(C)cs2)cn1. The minimum Gasteiger partial charge on any atom is -0.478 e. The summed E-state index contributed by atoms with van der Waals surface area (Å²) in [6.45, 7) is 4.20. The Morgan fingerprint density at radius 3 is 2.85 bits per heavy atom. The molecular weight excluding hydrogens is 274 g/mol. The first-order valence-electron chi connectivity index (χ1n) is 6.10. The number of ether oxygens (including phenoxy) is 1. The van der Waals surface area contributed by atoms with Gasteiger partial charge in [-0.15, -0.1) is 11.3 Å². The number of rotatable bonds is 5. The Kier molecular flexibility index (Phi) is 4.43. The number of ketones is 1. The number of carbonyl (C=O) groups is 1. The second kappa shape index (κ2) is 6.26. The maximum Gasteiger partial charge on any atom is 0.213 e. The van der Waals surface area contributed by atoms with E-state index >= 15 is 0 Å². The molecule has 20 heavy (non-hydrogen) atoms. The molecule has 1 atom stereocenters. The van der Waals surface area contributed by atoms with Gasteiger partial charge in [0.15, 0.2) is 11.7 Å². The van der Waals surface area contributed by atoms with Crippen molar-refractivity contribution in [2.24, 2.45) is 0 Å². The zero-order chi connectivity index (χ0) is 14.5. The summed E-state index contributed by atoms with van der Waals surface area (Å²) in [5.41, 5.74) is 1.19. The molecule has 2 heterocycles. The van der Waals surface area contributed by atoms with Gasteiger partial charge in [-0.1, -0.05) is 0 Å². The number of carbonyl (C=O) groups excluding carboxylic acids is 1. The van der Waals surface area contributed by atoms with Crippen LogP contribution in [0.5, 0.6) is 5.88 Å². The lowest BCUT2D eigenvalue weighted by Gasteiger charge is -2.06. The standard InChI is InChI=1S/C14H13N3O2S/c1-3-19-12-5-4-10(7-16-12)13(18)11(6-15)14-17-9(2)8-20-14/h4-5,7-8,11H,3H2,1-2H3. The highest BCUT2D eigenvalue weighted by molar-refractivity contribution is 7.10. The molecule has 5 nitrogen and oxygen atoms in total. The first-order valence-corrected chi connectivity index (χ1v) is 6.98. The summed E-state index contributed by atoms with van der Waals surface area (Å²) >= 11 is 1.32. The van der Waals surface area contributed by atoms with Crippen molar-refractivity contribution in [1.82, 2.24) is 9.97 Å². The van der Waals surface area contributed by atoms with Crippen LogP contribution in [0.2, 0.25) is 0 Å². The zero-order valence-corrected chi connectivity index (χ0v) is 12.0. The first-order chi connectivity index (χ1) is 9.65. The maximum atomic E-state index is 12.3. The predicted octanol–water partition coefficient (Wildman–Crippen LogP) is 2.74. The molecule has 0 aliphatic heterocycles. The van der Waals surface area contributed by atoms with Crippen molar-refractivity contribution in [3.8, 4) is 11.9 Å². The lowest BCUT2D eigenvalue weighted by Crippen LogP contribution is -2.11. The third-order valence-corrected chi connectivity index (χ3v) is 3.62. The van der Waals surface area contributed by atoms with Crippen LogP contribution in [-0.4, -0.2) is 22.4 Å². The van der Waals surface area contributed by atoms with E-state index in [4.69, 9.17) is 4.74 Å². The lowest BCUT2D eigenvalue weighted by molar-refractivity contribution is 0.0978. The number of nitrogens with zero attached hydrogens (tertiary/aromatic N) is 3. The summed E-state index contributed by atoms with van der Waals surface area (Å²) in [6.07, 6.45) is 1.43. The molecule has 0 spiro atoms. The number of aryl methyl sites for hydroxylation is 1. The molecule has 1 unspecified atom stereocenters. The zero-order valence-electron chi connectivity index (χ0n) is 11.2. The smallest absolute Gasteiger partial charge is 0.213 e. The monoisotopic (exact) mass is 287 g/mol. The van der Waals surface area contributed by atoms with Gasteiger partial charge in [-0.05, 0) is 19.9 Å². The fourth-order valence-corrected chi connectivity index (χ4v) is 2.49. The highest BCUT2D eigenvalue weighted by atomic mass is 32.1. The van der Waals surface area contributed by atoms with Crippen LogP contribution in [0.15, 0.2) is 23.7 Å². The predicted molar refractivity (Wildman–Crippen MR) is 74.9 cm³/mol. The van der Waals surface area contributed by atoms with Gasteiger partial charge in [0, 0.05) is 28.9 Å². The number of pyridine rings is 1. The van der Waals surface area contributed by atoms with Crippen LogP contribution in [0, 0.1) is 18.3 Å². The first kappa shape index (κ1) is 14.2. The van der Waals surface area contributed by atoms with Gasteiger partial charge < -0.3 is 4.74 Å². The van der Waals surface area contributed by atoms with E-state index in [0.29, 0.717) is 23.1 Å². The molecule has 2 rings (SSSR count). The summed E-state index contributed by atoms with van der Waals surface area (Å²) in [7, 11) is 0. The van der Waals surface area contributed by atoms with Crippen LogP contribution in [-0.2, 0) is 0 Å². The van der Waals surface area contributed by atoms with Crippen LogP contribution >= 0.6 is 11.3 Å². The van der Waals surface area contributed by atoms with Gasteiger partial charge >= 0.3 is 0 Å². The van der Waals surface area contributed by atoms with Crippen molar-refractivity contribution in [1.29, 1.82) is 5.26 Å². The van der Waals surface area contributed by atoms with Crippen molar-refractivity contribution in [2.75, 3.05) is 6.61 Å². The number of hydrogen-bond acceptors (Lipinski definition) is 6. The molecule has 0 bridgehead atoms. The Balaban J connectivity index is 2.23. The summed E-state index contributed by atoms with van der Waals surface area (Å²) < 4.78 is 5.22. The van der Waals surface area contributed by atoms with E-state index in [1.807, 2.05) is 25.3 Å². The van der Waals surface area contributed by atoms with E-state index in [1.54, 1.807) is 12.1 Å². The van der Waals surface area contributed by atoms with Crippen molar-refractivity contribution in [3.63, 3.8) is 0 Å². The Bertz CT molecular complexity index is 643. The number of hydrogen-bond donors (Lipinski definition) is 0. The number of nitriles is 1. The third-order valence-electron chi connectivity index (χ3n) is 2.59. The van der Waals surface area contributed by atoms with Gasteiger partial charge in [0.1, 0.15) is 5.01 Å². The van der Waals surface area contributed by atoms with Crippen molar-refractivity contribution >= 4 is 17.1 Å². The summed E-state index contributed by atoms with van der Waals surface area (Å²) in [5.74, 6) is -0.714. The molecule has 0 N–H and O–H groups in total. The van der Waals surface area contributed by atoms with Gasteiger partial charge in [0.2, 0.25) is 5.88 Å². The quantitative estimate of drug-likeness (QED) is 0.790. The highest BCUT2D eigenvalue weighted by Crippen LogP contribution is 2.24. The average Bonchev–Trinajstić information content (AvgIpc) is 2.87. The molecule has 0 amide bonds. The molecule has 0 aliphatic rings.